The molecule has 0 amide bonds. The van der Waals surface area contributed by atoms with Gasteiger partial charge in [-0.2, -0.15) is 0 Å². The van der Waals surface area contributed by atoms with Crippen LogP contribution in [0.15, 0.2) is 0 Å². The summed E-state index contributed by atoms with van der Waals surface area (Å²) < 4.78 is 17.4. The first-order valence-corrected chi connectivity index (χ1v) is 5.28. The Kier molecular flexibility index (Phi) is 9.89. The van der Waals surface area contributed by atoms with Crippen LogP contribution in [0.4, 0.5) is 4.39 Å². The van der Waals surface area contributed by atoms with Gasteiger partial charge in [-0.15, -0.1) is 0 Å². The van der Waals surface area contributed by atoms with Crippen LogP contribution in [0.2, 0.25) is 0 Å². The van der Waals surface area contributed by atoms with Crippen molar-refractivity contribution in [1.82, 2.24) is 0 Å². The van der Waals surface area contributed by atoms with Crippen molar-refractivity contribution in [3.05, 3.63) is 6.92 Å². The van der Waals surface area contributed by atoms with Crippen molar-refractivity contribution in [3.63, 3.8) is 0 Å². The predicted octanol–water partition coefficient (Wildman–Crippen LogP) is 3.54. The van der Waals surface area contributed by atoms with Crippen molar-refractivity contribution in [1.29, 1.82) is 0 Å². The number of hydrogen-bond donors (Lipinski definition) is 0. The van der Waals surface area contributed by atoms with Gasteiger partial charge >= 0.3 is 0 Å². The van der Waals surface area contributed by atoms with Gasteiger partial charge in [0, 0.05) is 6.61 Å². The highest BCUT2D eigenvalue weighted by Gasteiger charge is 1.96. The van der Waals surface area contributed by atoms with Gasteiger partial charge < -0.3 is 4.74 Å². The molecule has 0 rings (SSSR count). The number of hydrogen-bond acceptors (Lipinski definition) is 1. The molecule has 0 heterocycles. The van der Waals surface area contributed by atoms with Gasteiger partial charge in [-0.1, -0.05) is 39.0 Å². The summed E-state index contributed by atoms with van der Waals surface area (Å²) in [7, 11) is 0. The standard InChI is InChI=1S/C11H22FO/c1-3-4-5-6-7-8-9-13-10-11(2)12/h11H,1,3-10H2,2H3. The Morgan fingerprint density at radius 3 is 2.38 bits per heavy atom. The highest BCUT2D eigenvalue weighted by atomic mass is 19.1. The summed E-state index contributed by atoms with van der Waals surface area (Å²) in [5.74, 6) is 0. The van der Waals surface area contributed by atoms with E-state index in [0.29, 0.717) is 6.61 Å². The summed E-state index contributed by atoms with van der Waals surface area (Å²) in [6.07, 6.45) is 6.21. The van der Waals surface area contributed by atoms with Crippen molar-refractivity contribution in [2.75, 3.05) is 13.2 Å². The molecule has 1 nitrogen and oxygen atoms in total. The lowest BCUT2D eigenvalue weighted by Crippen LogP contribution is -2.06. The van der Waals surface area contributed by atoms with E-state index in [0.717, 1.165) is 12.8 Å². The lowest BCUT2D eigenvalue weighted by atomic mass is 10.1. The quantitative estimate of drug-likeness (QED) is 0.504. The molecule has 13 heavy (non-hydrogen) atoms. The van der Waals surface area contributed by atoms with Crippen molar-refractivity contribution >= 4 is 0 Å². The van der Waals surface area contributed by atoms with Crippen LogP contribution in [0.5, 0.6) is 0 Å². The molecule has 2 heteroatoms. The molecule has 0 saturated carbocycles. The van der Waals surface area contributed by atoms with Crippen LogP contribution in [0.25, 0.3) is 0 Å². The maximum atomic E-state index is 12.2. The fourth-order valence-electron chi connectivity index (χ4n) is 1.16. The molecule has 0 fully saturated rings. The monoisotopic (exact) mass is 189 g/mol. The summed E-state index contributed by atoms with van der Waals surface area (Å²) in [6.45, 7) is 6.26. The fourth-order valence-corrected chi connectivity index (χ4v) is 1.16. The zero-order chi connectivity index (χ0) is 9.94. The lowest BCUT2D eigenvalue weighted by Gasteiger charge is -2.04. The summed E-state index contributed by atoms with van der Waals surface area (Å²) >= 11 is 0. The first kappa shape index (κ1) is 12.9. The Labute approximate surface area is 81.7 Å². The number of alkyl halides is 1. The Morgan fingerprint density at radius 2 is 1.77 bits per heavy atom. The zero-order valence-electron chi connectivity index (χ0n) is 8.73. The molecule has 0 aromatic heterocycles. The molecule has 0 aromatic carbocycles. The van der Waals surface area contributed by atoms with Gasteiger partial charge in [0.1, 0.15) is 6.17 Å². The minimum absolute atomic E-state index is 0.249. The third kappa shape index (κ3) is 11.9. The molecule has 0 saturated heterocycles. The maximum Gasteiger partial charge on any atom is 0.121 e. The molecule has 0 aliphatic carbocycles. The van der Waals surface area contributed by atoms with Gasteiger partial charge in [0.15, 0.2) is 0 Å². The van der Waals surface area contributed by atoms with E-state index in [1.54, 1.807) is 0 Å². The largest absolute Gasteiger partial charge is 0.378 e. The average molecular weight is 189 g/mol. The molecule has 1 atom stereocenters. The number of halogens is 1. The summed E-state index contributed by atoms with van der Waals surface area (Å²) in [4.78, 5) is 0. The molecule has 0 aliphatic rings. The van der Waals surface area contributed by atoms with Gasteiger partial charge in [-0.05, 0) is 13.3 Å². The fraction of sp³-hybridized carbons (Fsp3) is 0.909. The lowest BCUT2D eigenvalue weighted by molar-refractivity contribution is 0.0846. The zero-order valence-corrected chi connectivity index (χ0v) is 8.73. The first-order valence-electron chi connectivity index (χ1n) is 5.28. The molecule has 0 N–H and O–H groups in total. The van der Waals surface area contributed by atoms with Crippen LogP contribution in [-0.4, -0.2) is 19.4 Å². The summed E-state index contributed by atoms with van der Waals surface area (Å²) in [5, 5.41) is 0. The third-order valence-corrected chi connectivity index (χ3v) is 1.89. The second-order valence-electron chi connectivity index (χ2n) is 3.48. The second kappa shape index (κ2) is 9.97. The SMILES string of the molecule is [CH2]CCCCCCCOCC(C)F. The Balaban J connectivity index is 2.84. The van der Waals surface area contributed by atoms with Crippen molar-refractivity contribution < 1.29 is 9.13 Å². The van der Waals surface area contributed by atoms with Crippen LogP contribution in [-0.2, 0) is 4.74 Å². The second-order valence-corrected chi connectivity index (χ2v) is 3.48. The minimum atomic E-state index is -0.828. The smallest absolute Gasteiger partial charge is 0.121 e. The van der Waals surface area contributed by atoms with Crippen LogP contribution in [0.3, 0.4) is 0 Å². The van der Waals surface area contributed by atoms with E-state index < -0.39 is 6.17 Å². The van der Waals surface area contributed by atoms with E-state index in [4.69, 9.17) is 4.74 Å². The minimum Gasteiger partial charge on any atom is -0.378 e. The molecule has 0 aliphatic heterocycles. The molecule has 79 valence electrons. The normalized spacial score (nSPS) is 13.2. The van der Waals surface area contributed by atoms with E-state index in [9.17, 15) is 4.39 Å². The predicted molar refractivity (Wildman–Crippen MR) is 54.4 cm³/mol. The number of rotatable bonds is 9. The number of unbranched alkanes of at least 4 members (excludes halogenated alkanes) is 5. The Hall–Kier alpha value is -0.110. The maximum absolute atomic E-state index is 12.2. The van der Waals surface area contributed by atoms with Crippen molar-refractivity contribution in [3.8, 4) is 0 Å². The van der Waals surface area contributed by atoms with Crippen LogP contribution in [0, 0.1) is 6.92 Å². The highest BCUT2D eigenvalue weighted by Crippen LogP contribution is 2.04. The molecule has 1 radical (unpaired) electrons. The van der Waals surface area contributed by atoms with Crippen LogP contribution in [0.1, 0.15) is 45.4 Å². The van der Waals surface area contributed by atoms with Gasteiger partial charge in [-0.3, -0.25) is 0 Å². The van der Waals surface area contributed by atoms with Gasteiger partial charge in [0.25, 0.3) is 0 Å². The molecular formula is C11H22FO. The van der Waals surface area contributed by atoms with Gasteiger partial charge in [0.05, 0.1) is 6.61 Å². The van der Waals surface area contributed by atoms with Crippen molar-refractivity contribution in [2.24, 2.45) is 0 Å². The highest BCUT2D eigenvalue weighted by molar-refractivity contribution is 4.47. The molecule has 0 spiro atoms. The van der Waals surface area contributed by atoms with Crippen molar-refractivity contribution in [2.45, 2.75) is 51.6 Å². The Morgan fingerprint density at radius 1 is 1.15 bits per heavy atom. The van der Waals surface area contributed by atoms with E-state index in [2.05, 4.69) is 6.92 Å². The third-order valence-electron chi connectivity index (χ3n) is 1.89. The Bertz CT molecular complexity index is 94.1. The molecule has 0 aromatic rings. The number of ether oxygens (including phenoxy) is 1. The van der Waals surface area contributed by atoms with Crippen LogP contribution < -0.4 is 0 Å². The molecular weight excluding hydrogens is 167 g/mol. The van der Waals surface area contributed by atoms with Gasteiger partial charge in [0.2, 0.25) is 0 Å². The van der Waals surface area contributed by atoms with Gasteiger partial charge in [-0.25, -0.2) is 4.39 Å². The summed E-state index contributed by atoms with van der Waals surface area (Å²) in [6, 6.07) is 0. The van der Waals surface area contributed by atoms with E-state index in [-0.39, 0.29) is 6.61 Å². The molecule has 0 bridgehead atoms. The molecule has 1 unspecified atom stereocenters. The van der Waals surface area contributed by atoms with E-state index >= 15 is 0 Å². The van der Waals surface area contributed by atoms with Crippen LogP contribution >= 0.6 is 0 Å². The first-order chi connectivity index (χ1) is 6.27. The van der Waals surface area contributed by atoms with E-state index in [1.165, 1.54) is 32.6 Å². The van der Waals surface area contributed by atoms with E-state index in [1.807, 2.05) is 0 Å². The topological polar surface area (TPSA) is 9.23 Å². The average Bonchev–Trinajstić information content (AvgIpc) is 2.09. The summed E-state index contributed by atoms with van der Waals surface area (Å²) in [5.41, 5.74) is 0.